The normalized spacial score (nSPS) is 10.5. The zero-order valence-corrected chi connectivity index (χ0v) is 15.9. The van der Waals surface area contributed by atoms with E-state index in [-0.39, 0.29) is 12.5 Å². The summed E-state index contributed by atoms with van der Waals surface area (Å²) >= 11 is 0. The first kappa shape index (κ1) is 19.8. The number of carbonyl (C=O) groups excluding carboxylic acids is 2. The number of hydrazone groups is 1. The molecule has 0 aliphatic heterocycles. The van der Waals surface area contributed by atoms with Gasteiger partial charge in [0.05, 0.1) is 11.8 Å². The van der Waals surface area contributed by atoms with Gasteiger partial charge < -0.3 is 9.47 Å². The van der Waals surface area contributed by atoms with Gasteiger partial charge in [-0.25, -0.2) is 10.2 Å². The number of hydrogen-bond donors (Lipinski definition) is 1. The number of rotatable bonds is 7. The van der Waals surface area contributed by atoms with Crippen LogP contribution < -0.4 is 14.9 Å². The van der Waals surface area contributed by atoms with Crippen molar-refractivity contribution < 1.29 is 19.1 Å². The van der Waals surface area contributed by atoms with E-state index in [1.807, 2.05) is 31.2 Å². The Morgan fingerprint density at radius 2 is 1.62 bits per heavy atom. The van der Waals surface area contributed by atoms with Crippen molar-refractivity contribution in [3.05, 3.63) is 95.6 Å². The lowest BCUT2D eigenvalue weighted by molar-refractivity contribution is -0.123. The molecule has 0 spiro atoms. The molecule has 0 fully saturated rings. The zero-order valence-electron chi connectivity index (χ0n) is 15.9. The predicted molar refractivity (Wildman–Crippen MR) is 110 cm³/mol. The number of para-hydroxylation sites is 1. The van der Waals surface area contributed by atoms with Crippen molar-refractivity contribution in [3.63, 3.8) is 0 Å². The minimum Gasteiger partial charge on any atom is -0.483 e. The second-order valence-corrected chi connectivity index (χ2v) is 6.17. The molecule has 0 heterocycles. The molecule has 1 N–H and O–H groups in total. The summed E-state index contributed by atoms with van der Waals surface area (Å²) in [6.07, 6.45) is 1.49. The Hall–Kier alpha value is -3.93. The van der Waals surface area contributed by atoms with Crippen LogP contribution in [0.25, 0.3) is 0 Å². The lowest BCUT2D eigenvalue weighted by atomic mass is 10.2. The molecule has 3 aromatic rings. The fraction of sp³-hybridized carbons (Fsp3) is 0.0870. The van der Waals surface area contributed by atoms with Gasteiger partial charge in [-0.3, -0.25) is 4.79 Å². The molecule has 0 saturated heterocycles. The van der Waals surface area contributed by atoms with Crippen LogP contribution in [0.1, 0.15) is 21.5 Å². The molecule has 1 amide bonds. The number of ether oxygens (including phenoxy) is 2. The Bertz CT molecular complexity index is 999. The highest BCUT2D eigenvalue weighted by atomic mass is 16.5. The summed E-state index contributed by atoms with van der Waals surface area (Å²) < 4.78 is 10.8. The van der Waals surface area contributed by atoms with Crippen LogP contribution in [0.3, 0.4) is 0 Å². The standard InChI is InChI=1S/C23H20N2O4/c1-17-7-5-6-10-21(17)28-16-22(26)25-24-15-18-11-13-20(14-12-18)29-23(27)19-8-3-2-4-9-19/h2-15H,16H2,1H3,(H,25,26)/b24-15-. The van der Waals surface area contributed by atoms with Gasteiger partial charge in [-0.15, -0.1) is 0 Å². The van der Waals surface area contributed by atoms with Crippen molar-refractivity contribution in [2.45, 2.75) is 6.92 Å². The van der Waals surface area contributed by atoms with E-state index >= 15 is 0 Å². The molecule has 3 rings (SSSR count). The largest absolute Gasteiger partial charge is 0.483 e. The van der Waals surface area contributed by atoms with Gasteiger partial charge in [0.15, 0.2) is 6.61 Å². The molecule has 0 unspecified atom stereocenters. The Kier molecular flexibility index (Phi) is 6.73. The van der Waals surface area contributed by atoms with Crippen LogP contribution in [0.4, 0.5) is 0 Å². The second-order valence-electron chi connectivity index (χ2n) is 6.17. The van der Waals surface area contributed by atoms with E-state index in [1.54, 1.807) is 54.6 Å². The number of hydrogen-bond acceptors (Lipinski definition) is 5. The average molecular weight is 388 g/mol. The first-order valence-corrected chi connectivity index (χ1v) is 8.99. The van der Waals surface area contributed by atoms with Crippen molar-refractivity contribution >= 4 is 18.1 Å². The second kappa shape index (κ2) is 9.85. The van der Waals surface area contributed by atoms with Crippen LogP contribution in [-0.2, 0) is 4.79 Å². The van der Waals surface area contributed by atoms with E-state index in [0.29, 0.717) is 17.1 Å². The molecular formula is C23H20N2O4. The maximum absolute atomic E-state index is 12.0. The third-order valence-electron chi connectivity index (χ3n) is 3.96. The molecule has 0 aromatic heterocycles. The number of nitrogens with one attached hydrogen (secondary N) is 1. The maximum atomic E-state index is 12.0. The molecule has 0 aliphatic rings. The van der Waals surface area contributed by atoms with Gasteiger partial charge in [-0.1, -0.05) is 36.4 Å². The molecule has 0 radical (unpaired) electrons. The van der Waals surface area contributed by atoms with Crippen molar-refractivity contribution in [2.75, 3.05) is 6.61 Å². The first-order valence-electron chi connectivity index (χ1n) is 8.99. The van der Waals surface area contributed by atoms with Crippen LogP contribution in [-0.4, -0.2) is 24.7 Å². The number of nitrogens with zero attached hydrogens (tertiary/aromatic N) is 1. The summed E-state index contributed by atoms with van der Waals surface area (Å²) in [6, 6.07) is 23.0. The van der Waals surface area contributed by atoms with Crippen LogP contribution in [0, 0.1) is 6.92 Å². The Morgan fingerprint density at radius 1 is 0.931 bits per heavy atom. The molecule has 3 aromatic carbocycles. The highest BCUT2D eigenvalue weighted by Crippen LogP contribution is 2.16. The number of benzene rings is 3. The summed E-state index contributed by atoms with van der Waals surface area (Å²) in [7, 11) is 0. The fourth-order valence-corrected chi connectivity index (χ4v) is 2.43. The molecule has 6 nitrogen and oxygen atoms in total. The maximum Gasteiger partial charge on any atom is 0.343 e. The summed E-state index contributed by atoms with van der Waals surface area (Å²) in [5, 5.41) is 3.90. The Balaban J connectivity index is 1.46. The van der Waals surface area contributed by atoms with Crippen molar-refractivity contribution in [1.82, 2.24) is 5.43 Å². The summed E-state index contributed by atoms with van der Waals surface area (Å²) in [5.41, 5.74) is 4.59. The highest BCUT2D eigenvalue weighted by molar-refractivity contribution is 5.91. The van der Waals surface area contributed by atoms with Crippen molar-refractivity contribution in [2.24, 2.45) is 5.10 Å². The Labute approximate surface area is 168 Å². The Morgan fingerprint density at radius 3 is 2.34 bits per heavy atom. The minimum absolute atomic E-state index is 0.128. The van der Waals surface area contributed by atoms with E-state index in [2.05, 4.69) is 10.5 Å². The van der Waals surface area contributed by atoms with Crippen molar-refractivity contribution in [1.29, 1.82) is 0 Å². The third kappa shape index (κ3) is 6.04. The summed E-state index contributed by atoms with van der Waals surface area (Å²) in [5.74, 6) is 0.296. The van der Waals surface area contributed by atoms with Crippen LogP contribution >= 0.6 is 0 Å². The highest BCUT2D eigenvalue weighted by Gasteiger charge is 2.07. The summed E-state index contributed by atoms with van der Waals surface area (Å²) in [6.45, 7) is 1.78. The molecule has 0 atom stereocenters. The van der Waals surface area contributed by atoms with Gasteiger partial charge in [0.25, 0.3) is 5.91 Å². The van der Waals surface area contributed by atoms with Crippen LogP contribution in [0.5, 0.6) is 11.5 Å². The van der Waals surface area contributed by atoms with Gasteiger partial charge in [0.2, 0.25) is 0 Å². The molecular weight excluding hydrogens is 368 g/mol. The van der Waals surface area contributed by atoms with Gasteiger partial charge >= 0.3 is 5.97 Å². The minimum atomic E-state index is -0.423. The zero-order chi connectivity index (χ0) is 20.5. The molecule has 0 bridgehead atoms. The lowest BCUT2D eigenvalue weighted by Gasteiger charge is -2.07. The van der Waals surface area contributed by atoms with Gasteiger partial charge in [0.1, 0.15) is 11.5 Å². The molecule has 29 heavy (non-hydrogen) atoms. The topological polar surface area (TPSA) is 77.0 Å². The van der Waals surface area contributed by atoms with E-state index in [9.17, 15) is 9.59 Å². The molecule has 6 heteroatoms. The van der Waals surface area contributed by atoms with E-state index in [0.717, 1.165) is 11.1 Å². The van der Waals surface area contributed by atoms with E-state index in [1.165, 1.54) is 6.21 Å². The number of esters is 1. The van der Waals surface area contributed by atoms with Crippen LogP contribution in [0.15, 0.2) is 84.0 Å². The first-order chi connectivity index (χ1) is 14.1. The van der Waals surface area contributed by atoms with Gasteiger partial charge in [0, 0.05) is 0 Å². The third-order valence-corrected chi connectivity index (χ3v) is 3.96. The van der Waals surface area contributed by atoms with E-state index in [4.69, 9.17) is 9.47 Å². The summed E-state index contributed by atoms with van der Waals surface area (Å²) in [4.78, 5) is 23.8. The monoisotopic (exact) mass is 388 g/mol. The number of amides is 1. The average Bonchev–Trinajstić information content (AvgIpc) is 2.75. The molecule has 146 valence electrons. The number of carbonyl (C=O) groups is 2. The van der Waals surface area contributed by atoms with E-state index < -0.39 is 5.97 Å². The fourth-order valence-electron chi connectivity index (χ4n) is 2.43. The van der Waals surface area contributed by atoms with Gasteiger partial charge in [-0.2, -0.15) is 5.10 Å². The van der Waals surface area contributed by atoms with Gasteiger partial charge in [-0.05, 0) is 60.5 Å². The SMILES string of the molecule is Cc1ccccc1OCC(=O)N/N=C\c1ccc(OC(=O)c2ccccc2)cc1. The van der Waals surface area contributed by atoms with Crippen molar-refractivity contribution in [3.8, 4) is 11.5 Å². The van der Waals surface area contributed by atoms with Crippen LogP contribution in [0.2, 0.25) is 0 Å². The number of aryl methyl sites for hydroxylation is 1. The smallest absolute Gasteiger partial charge is 0.343 e. The lowest BCUT2D eigenvalue weighted by Crippen LogP contribution is -2.24. The predicted octanol–water partition coefficient (Wildman–Crippen LogP) is 3.74. The quantitative estimate of drug-likeness (QED) is 0.289. The molecule has 0 aliphatic carbocycles. The molecule has 0 saturated carbocycles.